The largest absolute Gasteiger partial charge is 0.354 e. The van der Waals surface area contributed by atoms with Gasteiger partial charge in [-0.2, -0.15) is 0 Å². The van der Waals surface area contributed by atoms with Gasteiger partial charge in [0.1, 0.15) is 6.04 Å². The van der Waals surface area contributed by atoms with E-state index in [9.17, 15) is 9.59 Å². The number of hydrogen-bond donors (Lipinski definition) is 3. The maximum Gasteiger partial charge on any atom is 0.242 e. The third kappa shape index (κ3) is 2.35. The van der Waals surface area contributed by atoms with Gasteiger partial charge in [0.05, 0.1) is 5.92 Å². The molecule has 16 heavy (non-hydrogen) atoms. The molecule has 3 atom stereocenters. The minimum absolute atomic E-state index is 0.00901. The van der Waals surface area contributed by atoms with Gasteiger partial charge in [0.25, 0.3) is 0 Å². The normalized spacial score (nSPS) is 34.6. The van der Waals surface area contributed by atoms with Gasteiger partial charge < -0.3 is 16.0 Å². The summed E-state index contributed by atoms with van der Waals surface area (Å²) >= 11 is 0. The molecule has 5 heteroatoms. The molecule has 3 N–H and O–H groups in total. The zero-order valence-electron chi connectivity index (χ0n) is 9.58. The lowest BCUT2D eigenvalue weighted by Crippen LogP contribution is -2.52. The standard InChI is InChI=1S/C11H19N3O2/c1-7-5-12-6-8(7)10(15)14-9-3-2-4-13-11(9)16/h7-9,12H,2-6H2,1H3,(H,13,16)(H,14,15)/t7-,8-,9?/m1/s1. The third-order valence-electron chi connectivity index (χ3n) is 3.46. The average Bonchev–Trinajstić information content (AvgIpc) is 2.68. The van der Waals surface area contributed by atoms with Gasteiger partial charge in [0.15, 0.2) is 0 Å². The monoisotopic (exact) mass is 225 g/mol. The van der Waals surface area contributed by atoms with Crippen LogP contribution in [0, 0.1) is 11.8 Å². The molecule has 2 aliphatic rings. The van der Waals surface area contributed by atoms with Gasteiger partial charge >= 0.3 is 0 Å². The summed E-state index contributed by atoms with van der Waals surface area (Å²) in [4.78, 5) is 23.4. The number of carbonyl (C=O) groups is 2. The van der Waals surface area contributed by atoms with Gasteiger partial charge in [-0.15, -0.1) is 0 Å². The first kappa shape index (κ1) is 11.4. The van der Waals surface area contributed by atoms with Crippen molar-refractivity contribution < 1.29 is 9.59 Å². The smallest absolute Gasteiger partial charge is 0.242 e. The summed E-state index contributed by atoms with van der Waals surface area (Å²) in [5.74, 6) is 0.333. The highest BCUT2D eigenvalue weighted by Gasteiger charge is 2.32. The van der Waals surface area contributed by atoms with Crippen molar-refractivity contribution in [2.75, 3.05) is 19.6 Å². The van der Waals surface area contributed by atoms with Crippen LogP contribution in [0.25, 0.3) is 0 Å². The molecule has 2 heterocycles. The molecule has 0 bridgehead atoms. The molecule has 2 rings (SSSR count). The van der Waals surface area contributed by atoms with Crippen molar-refractivity contribution >= 4 is 11.8 Å². The summed E-state index contributed by atoms with van der Waals surface area (Å²) in [7, 11) is 0. The molecular weight excluding hydrogens is 206 g/mol. The van der Waals surface area contributed by atoms with Crippen molar-refractivity contribution in [2.24, 2.45) is 11.8 Å². The van der Waals surface area contributed by atoms with E-state index in [1.807, 2.05) is 0 Å². The van der Waals surface area contributed by atoms with Gasteiger partial charge in [-0.1, -0.05) is 6.92 Å². The number of rotatable bonds is 2. The zero-order valence-corrected chi connectivity index (χ0v) is 9.58. The molecule has 2 amide bonds. The van der Waals surface area contributed by atoms with Gasteiger partial charge in [-0.25, -0.2) is 0 Å². The van der Waals surface area contributed by atoms with Gasteiger partial charge in [0, 0.05) is 13.1 Å². The second-order valence-electron chi connectivity index (χ2n) is 4.74. The maximum atomic E-state index is 11.9. The van der Waals surface area contributed by atoms with E-state index >= 15 is 0 Å². The molecule has 0 aromatic rings. The second-order valence-corrected chi connectivity index (χ2v) is 4.74. The van der Waals surface area contributed by atoms with Crippen LogP contribution in [0.4, 0.5) is 0 Å². The van der Waals surface area contributed by atoms with Crippen LogP contribution < -0.4 is 16.0 Å². The van der Waals surface area contributed by atoms with Crippen LogP contribution in [0.1, 0.15) is 19.8 Å². The number of carbonyl (C=O) groups excluding carboxylic acids is 2. The molecular formula is C11H19N3O2. The minimum atomic E-state index is -0.325. The molecule has 90 valence electrons. The fourth-order valence-corrected chi connectivity index (χ4v) is 2.35. The fourth-order valence-electron chi connectivity index (χ4n) is 2.35. The number of piperidine rings is 1. The topological polar surface area (TPSA) is 70.2 Å². The molecule has 0 aromatic heterocycles. The maximum absolute atomic E-state index is 11.9. The Kier molecular flexibility index (Phi) is 3.43. The summed E-state index contributed by atoms with van der Waals surface area (Å²) in [6.45, 7) is 4.40. The quantitative estimate of drug-likeness (QED) is 0.578. The predicted octanol–water partition coefficient (Wildman–Crippen LogP) is -0.763. The van der Waals surface area contributed by atoms with E-state index in [-0.39, 0.29) is 23.8 Å². The van der Waals surface area contributed by atoms with Crippen LogP contribution in [0.2, 0.25) is 0 Å². The Hall–Kier alpha value is -1.10. The first-order valence-electron chi connectivity index (χ1n) is 5.97. The fraction of sp³-hybridized carbons (Fsp3) is 0.818. The average molecular weight is 225 g/mol. The number of hydrogen-bond acceptors (Lipinski definition) is 3. The highest BCUT2D eigenvalue weighted by molar-refractivity contribution is 5.89. The van der Waals surface area contributed by atoms with E-state index in [1.54, 1.807) is 0 Å². The zero-order chi connectivity index (χ0) is 11.5. The molecule has 1 unspecified atom stereocenters. The Balaban J connectivity index is 1.88. The molecule has 0 aromatic carbocycles. The van der Waals surface area contributed by atoms with E-state index in [0.29, 0.717) is 5.92 Å². The van der Waals surface area contributed by atoms with E-state index in [1.165, 1.54) is 0 Å². The lowest BCUT2D eigenvalue weighted by atomic mass is 9.96. The summed E-state index contributed by atoms with van der Waals surface area (Å²) in [5.41, 5.74) is 0. The molecule has 2 fully saturated rings. The van der Waals surface area contributed by atoms with Crippen molar-refractivity contribution in [3.8, 4) is 0 Å². The summed E-state index contributed by atoms with van der Waals surface area (Å²) in [6.07, 6.45) is 1.70. The molecule has 5 nitrogen and oxygen atoms in total. The molecule has 2 saturated heterocycles. The van der Waals surface area contributed by atoms with Crippen LogP contribution in [-0.4, -0.2) is 37.5 Å². The van der Waals surface area contributed by atoms with Crippen molar-refractivity contribution in [3.05, 3.63) is 0 Å². The lowest BCUT2D eigenvalue weighted by molar-refractivity contribution is -0.132. The Labute approximate surface area is 95.3 Å². The Morgan fingerprint density at radius 3 is 2.88 bits per heavy atom. The third-order valence-corrected chi connectivity index (χ3v) is 3.46. The van der Waals surface area contributed by atoms with Crippen molar-refractivity contribution in [3.63, 3.8) is 0 Å². The Bertz CT molecular complexity index is 293. The summed E-state index contributed by atoms with van der Waals surface area (Å²) < 4.78 is 0. The number of nitrogens with one attached hydrogen (secondary N) is 3. The predicted molar refractivity (Wildman–Crippen MR) is 59.7 cm³/mol. The molecule has 0 saturated carbocycles. The second kappa shape index (κ2) is 4.82. The van der Waals surface area contributed by atoms with Gasteiger partial charge in [-0.05, 0) is 25.3 Å². The van der Waals surface area contributed by atoms with E-state index in [4.69, 9.17) is 0 Å². The van der Waals surface area contributed by atoms with Crippen molar-refractivity contribution in [2.45, 2.75) is 25.8 Å². The first-order chi connectivity index (χ1) is 7.68. The van der Waals surface area contributed by atoms with Crippen LogP contribution >= 0.6 is 0 Å². The van der Waals surface area contributed by atoms with Gasteiger partial charge in [-0.3, -0.25) is 9.59 Å². The van der Waals surface area contributed by atoms with Crippen LogP contribution in [0.5, 0.6) is 0 Å². The minimum Gasteiger partial charge on any atom is -0.354 e. The van der Waals surface area contributed by atoms with Gasteiger partial charge in [0.2, 0.25) is 11.8 Å². The SMILES string of the molecule is C[C@@H]1CNC[C@H]1C(=O)NC1CCCNC1=O. The Morgan fingerprint density at radius 2 is 2.25 bits per heavy atom. The van der Waals surface area contributed by atoms with E-state index in [0.717, 1.165) is 32.5 Å². The summed E-state index contributed by atoms with van der Waals surface area (Å²) in [6, 6.07) is -0.325. The molecule has 0 spiro atoms. The van der Waals surface area contributed by atoms with Crippen LogP contribution in [-0.2, 0) is 9.59 Å². The highest BCUT2D eigenvalue weighted by Crippen LogP contribution is 2.16. The lowest BCUT2D eigenvalue weighted by Gasteiger charge is -2.24. The molecule has 0 radical (unpaired) electrons. The molecule has 2 aliphatic heterocycles. The Morgan fingerprint density at radius 1 is 1.44 bits per heavy atom. The highest BCUT2D eigenvalue weighted by atomic mass is 16.2. The van der Waals surface area contributed by atoms with Crippen LogP contribution in [0.15, 0.2) is 0 Å². The van der Waals surface area contributed by atoms with Crippen LogP contribution in [0.3, 0.4) is 0 Å². The number of amides is 2. The molecule has 0 aliphatic carbocycles. The van der Waals surface area contributed by atoms with E-state index < -0.39 is 0 Å². The van der Waals surface area contributed by atoms with Crippen molar-refractivity contribution in [1.82, 2.24) is 16.0 Å². The van der Waals surface area contributed by atoms with Crippen molar-refractivity contribution in [1.29, 1.82) is 0 Å². The van der Waals surface area contributed by atoms with E-state index in [2.05, 4.69) is 22.9 Å². The summed E-state index contributed by atoms with van der Waals surface area (Å²) in [5, 5.41) is 8.81. The first-order valence-corrected chi connectivity index (χ1v) is 5.97.